The van der Waals surface area contributed by atoms with Crippen LogP contribution in [-0.2, 0) is 25.4 Å². The zero-order valence-electron chi connectivity index (χ0n) is 18.1. The summed E-state index contributed by atoms with van der Waals surface area (Å²) in [7, 11) is 3.19. The molecule has 33 heavy (non-hydrogen) atoms. The summed E-state index contributed by atoms with van der Waals surface area (Å²) in [5.74, 6) is 0.0584. The number of para-hydroxylation sites is 1. The molecule has 0 fully saturated rings. The molecule has 1 atom stereocenters. The van der Waals surface area contributed by atoms with Gasteiger partial charge in [-0.1, -0.05) is 48.5 Å². The number of furan rings is 1. The normalized spacial score (nSPS) is 12.3. The molecular formula is C24H21N5O4. The van der Waals surface area contributed by atoms with Gasteiger partial charge in [0, 0.05) is 19.5 Å². The first-order valence-corrected chi connectivity index (χ1v) is 10.4. The van der Waals surface area contributed by atoms with Crippen molar-refractivity contribution in [3.8, 4) is 0 Å². The maximum absolute atomic E-state index is 13.1. The van der Waals surface area contributed by atoms with Crippen molar-refractivity contribution in [1.29, 1.82) is 0 Å². The van der Waals surface area contributed by atoms with Crippen LogP contribution in [0.5, 0.6) is 0 Å². The molecule has 1 unspecified atom stereocenters. The van der Waals surface area contributed by atoms with Gasteiger partial charge >= 0.3 is 5.69 Å². The SMILES string of the molecule is Cn1cnc2c1c(=O)n(CC(=O)NC(c1ccccc1)c1cc3ccccc3o1)c(=O)n2C. The zero-order valence-corrected chi connectivity index (χ0v) is 18.1. The van der Waals surface area contributed by atoms with E-state index in [1.54, 1.807) is 7.05 Å². The van der Waals surface area contributed by atoms with Crippen LogP contribution in [0.25, 0.3) is 22.1 Å². The Kier molecular flexibility index (Phi) is 4.93. The van der Waals surface area contributed by atoms with Crippen molar-refractivity contribution in [3.63, 3.8) is 0 Å². The highest BCUT2D eigenvalue weighted by molar-refractivity contribution is 5.80. The predicted molar refractivity (Wildman–Crippen MR) is 123 cm³/mol. The highest BCUT2D eigenvalue weighted by atomic mass is 16.3. The van der Waals surface area contributed by atoms with E-state index in [9.17, 15) is 14.4 Å². The van der Waals surface area contributed by atoms with Gasteiger partial charge in [0.2, 0.25) is 5.91 Å². The maximum atomic E-state index is 13.1. The number of benzene rings is 2. The molecule has 5 rings (SSSR count). The number of carbonyl (C=O) groups is 1. The second kappa shape index (κ2) is 7.94. The molecule has 166 valence electrons. The largest absolute Gasteiger partial charge is 0.459 e. The first-order valence-electron chi connectivity index (χ1n) is 10.4. The molecule has 0 saturated heterocycles. The molecule has 5 aromatic rings. The lowest BCUT2D eigenvalue weighted by Gasteiger charge is -2.18. The second-order valence-corrected chi connectivity index (χ2v) is 7.86. The third kappa shape index (κ3) is 3.53. The topological polar surface area (TPSA) is 104 Å². The van der Waals surface area contributed by atoms with Crippen molar-refractivity contribution in [2.75, 3.05) is 0 Å². The molecule has 1 amide bonds. The van der Waals surface area contributed by atoms with E-state index < -0.39 is 29.7 Å². The Morgan fingerprint density at radius 3 is 2.55 bits per heavy atom. The molecule has 0 radical (unpaired) electrons. The van der Waals surface area contributed by atoms with Gasteiger partial charge < -0.3 is 14.3 Å². The van der Waals surface area contributed by atoms with Gasteiger partial charge in [-0.05, 0) is 17.7 Å². The summed E-state index contributed by atoms with van der Waals surface area (Å²) in [4.78, 5) is 42.9. The highest BCUT2D eigenvalue weighted by Crippen LogP contribution is 2.28. The fourth-order valence-corrected chi connectivity index (χ4v) is 3.99. The van der Waals surface area contributed by atoms with E-state index in [-0.39, 0.29) is 11.2 Å². The van der Waals surface area contributed by atoms with Gasteiger partial charge in [-0.3, -0.25) is 14.2 Å². The van der Waals surface area contributed by atoms with Crippen LogP contribution in [0.3, 0.4) is 0 Å². The number of aromatic nitrogens is 4. The molecule has 0 aliphatic rings. The smallest absolute Gasteiger partial charge is 0.332 e. The van der Waals surface area contributed by atoms with E-state index in [4.69, 9.17) is 4.42 Å². The van der Waals surface area contributed by atoms with Gasteiger partial charge in [-0.15, -0.1) is 0 Å². The zero-order chi connectivity index (χ0) is 23.1. The number of amides is 1. The number of imidazole rings is 1. The van der Waals surface area contributed by atoms with Crippen molar-refractivity contribution >= 4 is 28.0 Å². The lowest BCUT2D eigenvalue weighted by molar-refractivity contribution is -0.122. The Hall–Kier alpha value is -4.40. The minimum atomic E-state index is -0.610. The molecule has 2 aromatic carbocycles. The average Bonchev–Trinajstić information content (AvgIpc) is 3.43. The quantitative estimate of drug-likeness (QED) is 0.448. The second-order valence-electron chi connectivity index (χ2n) is 7.86. The average molecular weight is 443 g/mol. The van der Waals surface area contributed by atoms with Crippen LogP contribution in [0.15, 0.2) is 81.0 Å². The first-order chi connectivity index (χ1) is 15.9. The molecule has 0 spiro atoms. The van der Waals surface area contributed by atoms with Crippen molar-refractivity contribution < 1.29 is 9.21 Å². The number of carbonyl (C=O) groups excluding carboxylic acids is 1. The number of nitrogens with zero attached hydrogens (tertiary/aromatic N) is 4. The van der Waals surface area contributed by atoms with Gasteiger partial charge in [0.05, 0.1) is 6.33 Å². The Balaban J connectivity index is 1.52. The molecule has 3 heterocycles. The Morgan fingerprint density at radius 1 is 1.06 bits per heavy atom. The maximum Gasteiger partial charge on any atom is 0.332 e. The minimum absolute atomic E-state index is 0.252. The van der Waals surface area contributed by atoms with Gasteiger partial charge in [0.25, 0.3) is 5.56 Å². The van der Waals surface area contributed by atoms with E-state index in [0.29, 0.717) is 11.3 Å². The van der Waals surface area contributed by atoms with Crippen molar-refractivity contribution in [3.05, 3.63) is 99.2 Å². The fourth-order valence-electron chi connectivity index (χ4n) is 3.99. The number of hydrogen-bond acceptors (Lipinski definition) is 5. The van der Waals surface area contributed by atoms with Crippen LogP contribution in [-0.4, -0.2) is 24.6 Å². The minimum Gasteiger partial charge on any atom is -0.459 e. The lowest BCUT2D eigenvalue weighted by atomic mass is 10.0. The standard InChI is InChI=1S/C24H21N5O4/c1-27-14-25-22-21(27)23(31)29(24(32)28(22)2)13-19(30)26-20(15-8-4-3-5-9-15)18-12-16-10-6-7-11-17(16)33-18/h3-12,14,20H,13H2,1-2H3,(H,26,30). The Morgan fingerprint density at radius 2 is 1.79 bits per heavy atom. The fraction of sp³-hybridized carbons (Fsp3) is 0.167. The molecule has 9 heteroatoms. The van der Waals surface area contributed by atoms with Crippen LogP contribution in [0.4, 0.5) is 0 Å². The third-order valence-electron chi connectivity index (χ3n) is 5.67. The van der Waals surface area contributed by atoms with Crippen LogP contribution in [0.1, 0.15) is 17.4 Å². The molecule has 9 nitrogen and oxygen atoms in total. The van der Waals surface area contributed by atoms with E-state index >= 15 is 0 Å². The molecule has 1 N–H and O–H groups in total. The molecule has 0 aliphatic heterocycles. The van der Waals surface area contributed by atoms with Crippen LogP contribution in [0.2, 0.25) is 0 Å². The van der Waals surface area contributed by atoms with E-state index in [2.05, 4.69) is 10.3 Å². The number of hydrogen-bond donors (Lipinski definition) is 1. The van der Waals surface area contributed by atoms with Gasteiger partial charge in [0.1, 0.15) is 23.9 Å². The number of nitrogens with one attached hydrogen (secondary N) is 1. The van der Waals surface area contributed by atoms with Crippen LogP contribution < -0.4 is 16.6 Å². The number of rotatable bonds is 5. The van der Waals surface area contributed by atoms with Gasteiger partial charge in [-0.2, -0.15) is 0 Å². The summed E-state index contributed by atoms with van der Waals surface area (Å²) in [5.41, 5.74) is 0.863. The van der Waals surface area contributed by atoms with Crippen molar-refractivity contribution in [2.45, 2.75) is 12.6 Å². The first kappa shape index (κ1) is 20.5. The third-order valence-corrected chi connectivity index (χ3v) is 5.67. The van der Waals surface area contributed by atoms with Gasteiger partial charge in [-0.25, -0.2) is 14.3 Å². The highest BCUT2D eigenvalue weighted by Gasteiger charge is 2.23. The van der Waals surface area contributed by atoms with Crippen molar-refractivity contribution in [1.82, 2.24) is 24.0 Å². The summed E-state index contributed by atoms with van der Waals surface area (Å²) in [6.07, 6.45) is 1.46. The summed E-state index contributed by atoms with van der Waals surface area (Å²) in [6, 6.07) is 18.2. The van der Waals surface area contributed by atoms with E-state index in [0.717, 1.165) is 15.5 Å². The predicted octanol–water partition coefficient (Wildman–Crippen LogP) is 2.09. The molecular weight excluding hydrogens is 422 g/mol. The van der Waals surface area contributed by atoms with Crippen LogP contribution >= 0.6 is 0 Å². The summed E-state index contributed by atoms with van der Waals surface area (Å²) < 4.78 is 9.72. The molecule has 0 saturated carbocycles. The number of aryl methyl sites for hydroxylation is 2. The van der Waals surface area contributed by atoms with E-state index in [1.165, 1.54) is 22.5 Å². The summed E-state index contributed by atoms with van der Waals surface area (Å²) >= 11 is 0. The monoisotopic (exact) mass is 443 g/mol. The molecule has 3 aromatic heterocycles. The van der Waals surface area contributed by atoms with Crippen LogP contribution in [0, 0.1) is 0 Å². The Labute approximate surface area is 187 Å². The summed E-state index contributed by atoms with van der Waals surface area (Å²) in [6.45, 7) is -0.434. The lowest BCUT2D eigenvalue weighted by Crippen LogP contribution is -2.44. The van der Waals surface area contributed by atoms with Crippen molar-refractivity contribution in [2.24, 2.45) is 14.1 Å². The number of fused-ring (bicyclic) bond motifs is 2. The van der Waals surface area contributed by atoms with Gasteiger partial charge in [0.15, 0.2) is 11.2 Å². The summed E-state index contributed by atoms with van der Waals surface area (Å²) in [5, 5.41) is 3.84. The molecule has 0 bridgehead atoms. The molecule has 0 aliphatic carbocycles. The van der Waals surface area contributed by atoms with E-state index in [1.807, 2.05) is 60.7 Å². The Bertz CT molecular complexity index is 1570.